The Hall–Kier alpha value is -4.05. The zero-order chi connectivity index (χ0) is 63.8. The van der Waals surface area contributed by atoms with Gasteiger partial charge in [-0.25, -0.2) is 29.9 Å². The minimum Gasteiger partial charge on any atom is -0.236 e. The van der Waals surface area contributed by atoms with E-state index in [4.69, 9.17) is 0 Å². The molecule has 0 saturated heterocycles. The zero-order valence-corrected chi connectivity index (χ0v) is 60.6. The lowest BCUT2D eigenvalue weighted by atomic mass is 10.1. The largest absolute Gasteiger partial charge is 0.236 e. The Labute approximate surface area is 565 Å². The van der Waals surface area contributed by atoms with Crippen molar-refractivity contribution in [1.82, 2.24) is 29.9 Å². The van der Waals surface area contributed by atoms with Gasteiger partial charge in [-0.3, -0.25) is 0 Å². The van der Waals surface area contributed by atoms with Crippen LogP contribution in [0.2, 0.25) is 0 Å². The number of rotatable bonds is 51. The molecule has 0 radical (unpaired) electrons. The fraction of sp³-hybridized carbons (Fsp3) is 0.630. The van der Waals surface area contributed by atoms with Crippen molar-refractivity contribution in [2.24, 2.45) is 0 Å². The normalized spacial score (nSPS) is 11.1. The lowest BCUT2D eigenvalue weighted by Gasteiger charge is -2.05. The second-order valence-electron chi connectivity index (χ2n) is 25.3. The van der Waals surface area contributed by atoms with Crippen LogP contribution in [0.1, 0.15) is 309 Å². The van der Waals surface area contributed by atoms with Crippen molar-refractivity contribution in [1.29, 1.82) is 0 Å². The van der Waals surface area contributed by atoms with Crippen LogP contribution in [0.5, 0.6) is 0 Å². The summed E-state index contributed by atoms with van der Waals surface area (Å²) in [6.07, 6.45) is 68.2. The monoisotopic (exact) mass is 1280 g/mol. The van der Waals surface area contributed by atoms with Gasteiger partial charge in [0.1, 0.15) is 0 Å². The molecule has 3 aromatic carbocycles. The standard InChI is InChI=1S/C28H44N2S.C27H42N2S.C26H40N2S/c1-3-5-7-9-11-12-13-15-17-25-23-29-28(30-24-25)26-18-20-27(21-19-26)31-22-16-14-10-8-6-4-2;1-3-5-7-9-11-12-14-16-24-22-28-27(29-23-24)25-17-19-26(20-18-25)30-21-15-13-10-8-6-4-2;1-3-5-7-9-11-13-15-23-21-27-26(28-22-23)24-16-18-25(19-17-24)29-20-14-12-10-8-6-4-2/h18-21,23-24H,3-17,22H2,1-2H3;17-20,22-23H,3-16,21H2,1-2H3;16-19,21-22H,3-15,20H2,1-2H3. The van der Waals surface area contributed by atoms with Gasteiger partial charge in [0.15, 0.2) is 17.5 Å². The summed E-state index contributed by atoms with van der Waals surface area (Å²) < 4.78 is 0. The molecule has 0 bridgehead atoms. The Morgan fingerprint density at radius 2 is 0.389 bits per heavy atom. The summed E-state index contributed by atoms with van der Waals surface area (Å²) in [4.78, 5) is 31.7. The number of hydrogen-bond donors (Lipinski definition) is 0. The van der Waals surface area contributed by atoms with Gasteiger partial charge in [0.25, 0.3) is 0 Å². The quantitative estimate of drug-likeness (QED) is 0.0274. The second kappa shape index (κ2) is 55.4. The molecule has 3 heterocycles. The maximum atomic E-state index is 4.62. The van der Waals surface area contributed by atoms with Gasteiger partial charge in [-0.15, -0.1) is 35.3 Å². The molecule has 6 nitrogen and oxygen atoms in total. The van der Waals surface area contributed by atoms with Crippen LogP contribution in [0.4, 0.5) is 0 Å². The van der Waals surface area contributed by atoms with Crippen LogP contribution < -0.4 is 0 Å². The first kappa shape index (κ1) is 78.4. The zero-order valence-electron chi connectivity index (χ0n) is 58.1. The van der Waals surface area contributed by atoms with Crippen LogP contribution in [0.3, 0.4) is 0 Å². The van der Waals surface area contributed by atoms with E-state index in [-0.39, 0.29) is 0 Å². The molecule has 0 aliphatic heterocycles. The van der Waals surface area contributed by atoms with Crippen LogP contribution in [0.15, 0.2) is 125 Å². The van der Waals surface area contributed by atoms with Crippen molar-refractivity contribution in [3.05, 3.63) is 127 Å². The molecular weight excluding hydrogens is 1150 g/mol. The molecule has 0 saturated carbocycles. The minimum absolute atomic E-state index is 0.837. The van der Waals surface area contributed by atoms with E-state index in [2.05, 4.69) is 144 Å². The second-order valence-corrected chi connectivity index (χ2v) is 28.8. The maximum absolute atomic E-state index is 4.62. The molecule has 0 atom stereocenters. The highest BCUT2D eigenvalue weighted by Gasteiger charge is 2.08. The molecule has 90 heavy (non-hydrogen) atoms. The molecule has 0 unspecified atom stereocenters. The number of nitrogens with zero attached hydrogens (tertiary/aromatic N) is 6. The molecule has 0 fully saturated rings. The summed E-state index contributed by atoms with van der Waals surface area (Å²) in [7, 11) is 0. The topological polar surface area (TPSA) is 77.3 Å². The summed E-state index contributed by atoms with van der Waals surface area (Å²) in [6.45, 7) is 13.6. The average molecular weight is 1280 g/mol. The highest BCUT2D eigenvalue weighted by atomic mass is 32.2. The summed E-state index contributed by atoms with van der Waals surface area (Å²) in [5.41, 5.74) is 7.12. The van der Waals surface area contributed by atoms with Crippen molar-refractivity contribution in [3.63, 3.8) is 0 Å². The number of thioether (sulfide) groups is 3. The highest BCUT2D eigenvalue weighted by molar-refractivity contribution is 7.99. The van der Waals surface area contributed by atoms with E-state index in [1.54, 1.807) is 0 Å². The summed E-state index contributed by atoms with van der Waals surface area (Å²) in [6, 6.07) is 26.3. The average Bonchev–Trinajstić information content (AvgIpc) is 3.75. The summed E-state index contributed by atoms with van der Waals surface area (Å²) in [5, 5.41) is 0. The van der Waals surface area contributed by atoms with E-state index in [0.29, 0.717) is 0 Å². The SMILES string of the molecule is CCCCCCCCCCc1cnc(-c2ccc(SCCCCCCCC)cc2)nc1.CCCCCCCCCc1cnc(-c2ccc(SCCCCCCCC)cc2)nc1.CCCCCCCCSc1ccc(-c2ncc(CCCCCCCC)cn2)cc1. The Morgan fingerprint density at radius 1 is 0.211 bits per heavy atom. The van der Waals surface area contributed by atoms with Gasteiger partial charge in [-0.1, -0.05) is 290 Å². The Kier molecular flexibility index (Phi) is 48.3. The maximum Gasteiger partial charge on any atom is 0.159 e. The van der Waals surface area contributed by atoms with Gasteiger partial charge in [0.2, 0.25) is 0 Å². The van der Waals surface area contributed by atoms with Crippen LogP contribution in [0, 0.1) is 0 Å². The first-order chi connectivity index (χ1) is 44.5. The van der Waals surface area contributed by atoms with Gasteiger partial charge < -0.3 is 0 Å². The molecule has 0 aliphatic rings. The van der Waals surface area contributed by atoms with E-state index in [0.717, 1.165) is 53.4 Å². The lowest BCUT2D eigenvalue weighted by molar-refractivity contribution is 0.575. The first-order valence-corrected chi connectivity index (χ1v) is 40.1. The van der Waals surface area contributed by atoms with E-state index < -0.39 is 0 Å². The van der Waals surface area contributed by atoms with Gasteiger partial charge in [-0.05, 0) is 128 Å². The van der Waals surface area contributed by atoms with Crippen LogP contribution in [0.25, 0.3) is 34.2 Å². The fourth-order valence-electron chi connectivity index (χ4n) is 11.1. The molecule has 6 rings (SSSR count). The summed E-state index contributed by atoms with van der Waals surface area (Å²) >= 11 is 5.90. The molecule has 9 heteroatoms. The molecule has 0 spiro atoms. The summed E-state index contributed by atoms with van der Waals surface area (Å²) in [5.74, 6) is 6.17. The molecule has 6 aromatic rings. The molecule has 498 valence electrons. The lowest BCUT2D eigenvalue weighted by Crippen LogP contribution is -1.93. The number of benzene rings is 3. The van der Waals surface area contributed by atoms with E-state index in [9.17, 15) is 0 Å². The fourth-order valence-corrected chi connectivity index (χ4v) is 13.8. The number of aryl methyl sites for hydroxylation is 3. The van der Waals surface area contributed by atoms with Gasteiger partial charge >= 0.3 is 0 Å². The van der Waals surface area contributed by atoms with Gasteiger partial charge in [0.05, 0.1) is 0 Å². The Bertz CT molecular complexity index is 2460. The smallest absolute Gasteiger partial charge is 0.159 e. The third kappa shape index (κ3) is 38.8. The predicted molar refractivity (Wildman–Crippen MR) is 400 cm³/mol. The molecule has 0 N–H and O–H groups in total. The third-order valence-corrected chi connectivity index (χ3v) is 20.3. The van der Waals surface area contributed by atoms with Crippen LogP contribution >= 0.6 is 35.3 Å². The number of aromatic nitrogens is 6. The van der Waals surface area contributed by atoms with Crippen LogP contribution in [-0.4, -0.2) is 47.2 Å². The Balaban J connectivity index is 0.000000288. The van der Waals surface area contributed by atoms with Crippen molar-refractivity contribution in [3.8, 4) is 34.2 Å². The number of hydrogen-bond acceptors (Lipinski definition) is 9. The number of unbranched alkanes of at least 4 members (excludes halogenated alkanes) is 33. The van der Waals surface area contributed by atoms with Gasteiger partial charge in [-0.2, -0.15) is 0 Å². The van der Waals surface area contributed by atoms with E-state index >= 15 is 0 Å². The third-order valence-electron chi connectivity index (χ3n) is 17.0. The molecule has 0 amide bonds. The molecular formula is C81H126N6S3. The van der Waals surface area contributed by atoms with Crippen molar-refractivity contribution in [2.75, 3.05) is 17.3 Å². The highest BCUT2D eigenvalue weighted by Crippen LogP contribution is 2.27. The van der Waals surface area contributed by atoms with E-state index in [1.165, 1.54) is 299 Å². The van der Waals surface area contributed by atoms with Crippen LogP contribution in [-0.2, 0) is 19.3 Å². The van der Waals surface area contributed by atoms with Crippen molar-refractivity contribution >= 4 is 35.3 Å². The van der Waals surface area contributed by atoms with Crippen molar-refractivity contribution in [2.45, 2.75) is 326 Å². The Morgan fingerprint density at radius 3 is 0.589 bits per heavy atom. The van der Waals surface area contributed by atoms with Gasteiger partial charge in [0, 0.05) is 68.6 Å². The molecule has 3 aromatic heterocycles. The molecule has 0 aliphatic carbocycles. The van der Waals surface area contributed by atoms with Crippen molar-refractivity contribution < 1.29 is 0 Å². The van der Waals surface area contributed by atoms with E-state index in [1.807, 2.05) is 72.5 Å². The predicted octanol–water partition coefficient (Wildman–Crippen LogP) is 26.7. The minimum atomic E-state index is 0.837. The first-order valence-electron chi connectivity index (χ1n) is 37.1.